The maximum atomic E-state index is 13.3. The standard InChI is InChI=1S/C24H19N3O4/c1-24(18-7-5-14(12-25)6-8-18)22(29)27(23(30)26-24)13-17-11-21(28)31-20-10-16-4-2-3-15(16)9-19(17)20/h5-11H,2-4,13H2,1H3,(H,26,30). The van der Waals surface area contributed by atoms with Gasteiger partial charge in [-0.15, -0.1) is 0 Å². The predicted molar refractivity (Wildman–Crippen MR) is 112 cm³/mol. The van der Waals surface area contributed by atoms with Gasteiger partial charge >= 0.3 is 11.7 Å². The zero-order valence-electron chi connectivity index (χ0n) is 16.9. The number of nitrogens with one attached hydrogen (secondary N) is 1. The molecule has 0 spiro atoms. The Morgan fingerprint density at radius 1 is 1.10 bits per heavy atom. The summed E-state index contributed by atoms with van der Waals surface area (Å²) < 4.78 is 5.39. The molecule has 1 aliphatic heterocycles. The summed E-state index contributed by atoms with van der Waals surface area (Å²) >= 11 is 0. The van der Waals surface area contributed by atoms with Crippen LogP contribution in [0.15, 0.2) is 51.7 Å². The quantitative estimate of drug-likeness (QED) is 0.525. The fourth-order valence-electron chi connectivity index (χ4n) is 4.51. The van der Waals surface area contributed by atoms with Crippen LogP contribution in [0.4, 0.5) is 4.79 Å². The molecule has 1 N–H and O–H groups in total. The number of carbonyl (C=O) groups excluding carboxylic acids is 2. The fourth-order valence-corrected chi connectivity index (χ4v) is 4.51. The number of rotatable bonds is 3. The lowest BCUT2D eigenvalue weighted by molar-refractivity contribution is -0.131. The van der Waals surface area contributed by atoms with Crippen molar-refractivity contribution in [3.8, 4) is 6.07 Å². The third kappa shape index (κ3) is 2.99. The second kappa shape index (κ2) is 6.81. The summed E-state index contributed by atoms with van der Waals surface area (Å²) in [5.74, 6) is -0.412. The number of fused-ring (bicyclic) bond motifs is 2. The molecule has 1 aromatic heterocycles. The molecule has 0 saturated carbocycles. The molecule has 7 heteroatoms. The number of nitriles is 1. The zero-order chi connectivity index (χ0) is 21.8. The van der Waals surface area contributed by atoms with Gasteiger partial charge in [0.15, 0.2) is 0 Å². The van der Waals surface area contributed by atoms with Crippen molar-refractivity contribution >= 4 is 22.9 Å². The summed E-state index contributed by atoms with van der Waals surface area (Å²) in [4.78, 5) is 39.3. The highest BCUT2D eigenvalue weighted by atomic mass is 16.4. The molecule has 3 amide bonds. The van der Waals surface area contributed by atoms with Gasteiger partial charge in [0.25, 0.3) is 5.91 Å². The SMILES string of the molecule is CC1(c2ccc(C#N)cc2)NC(=O)N(Cc2cc(=O)oc3cc4c(cc23)CCC4)C1=O. The van der Waals surface area contributed by atoms with E-state index in [1.165, 1.54) is 17.2 Å². The van der Waals surface area contributed by atoms with Crippen molar-refractivity contribution in [2.75, 3.05) is 0 Å². The van der Waals surface area contributed by atoms with Gasteiger partial charge < -0.3 is 9.73 Å². The molecule has 1 saturated heterocycles. The highest BCUT2D eigenvalue weighted by Crippen LogP contribution is 2.32. The molecule has 5 rings (SSSR count). The summed E-state index contributed by atoms with van der Waals surface area (Å²) in [5.41, 5.74) is 2.74. The highest BCUT2D eigenvalue weighted by molar-refractivity contribution is 6.07. The third-order valence-corrected chi connectivity index (χ3v) is 6.24. The lowest BCUT2D eigenvalue weighted by atomic mass is 9.91. The summed E-state index contributed by atoms with van der Waals surface area (Å²) in [6, 6.07) is 13.3. The summed E-state index contributed by atoms with van der Waals surface area (Å²) in [7, 11) is 0. The van der Waals surface area contributed by atoms with Gasteiger partial charge in [-0.25, -0.2) is 9.59 Å². The number of aryl methyl sites for hydroxylation is 2. The molecule has 2 heterocycles. The lowest BCUT2D eigenvalue weighted by Gasteiger charge is -2.22. The Bertz CT molecular complexity index is 1350. The van der Waals surface area contributed by atoms with Crippen molar-refractivity contribution in [1.82, 2.24) is 10.2 Å². The van der Waals surface area contributed by atoms with E-state index < -0.39 is 23.1 Å². The first-order valence-electron chi connectivity index (χ1n) is 10.1. The first kappa shape index (κ1) is 19.1. The van der Waals surface area contributed by atoms with Gasteiger partial charge in [0.1, 0.15) is 11.1 Å². The molecule has 2 aliphatic rings. The van der Waals surface area contributed by atoms with Gasteiger partial charge in [-0.05, 0) is 72.7 Å². The van der Waals surface area contributed by atoms with Crippen LogP contribution in [0.1, 0.15) is 41.2 Å². The van der Waals surface area contributed by atoms with Crippen molar-refractivity contribution in [3.05, 3.63) is 80.7 Å². The Morgan fingerprint density at radius 3 is 2.52 bits per heavy atom. The predicted octanol–water partition coefficient (Wildman–Crippen LogP) is 3.12. The molecule has 1 atom stereocenters. The summed E-state index contributed by atoms with van der Waals surface area (Å²) in [5, 5.41) is 12.5. The monoisotopic (exact) mass is 413 g/mol. The van der Waals surface area contributed by atoms with Gasteiger partial charge in [0.05, 0.1) is 18.2 Å². The third-order valence-electron chi connectivity index (χ3n) is 6.24. The first-order valence-corrected chi connectivity index (χ1v) is 10.1. The largest absolute Gasteiger partial charge is 0.423 e. The molecule has 1 aliphatic carbocycles. The zero-order valence-corrected chi connectivity index (χ0v) is 16.9. The van der Waals surface area contributed by atoms with E-state index in [1.54, 1.807) is 31.2 Å². The van der Waals surface area contributed by atoms with Gasteiger partial charge in [-0.1, -0.05) is 12.1 Å². The molecular formula is C24H19N3O4. The number of imide groups is 1. The van der Waals surface area contributed by atoms with Crippen LogP contribution in [0, 0.1) is 11.3 Å². The Morgan fingerprint density at radius 2 is 1.81 bits per heavy atom. The summed E-state index contributed by atoms with van der Waals surface area (Å²) in [6.45, 7) is 1.61. The van der Waals surface area contributed by atoms with Crippen LogP contribution in [0.2, 0.25) is 0 Å². The van der Waals surface area contributed by atoms with Crippen molar-refractivity contribution < 1.29 is 14.0 Å². The number of urea groups is 1. The van der Waals surface area contributed by atoms with Gasteiger partial charge in [0.2, 0.25) is 0 Å². The van der Waals surface area contributed by atoms with Crippen LogP contribution in [0.3, 0.4) is 0 Å². The Balaban J connectivity index is 1.52. The van der Waals surface area contributed by atoms with Crippen LogP contribution in [-0.2, 0) is 29.7 Å². The molecule has 154 valence electrons. The highest BCUT2D eigenvalue weighted by Gasteiger charge is 2.49. The molecule has 1 unspecified atom stereocenters. The second-order valence-electron chi connectivity index (χ2n) is 8.20. The van der Waals surface area contributed by atoms with Crippen molar-refractivity contribution in [3.63, 3.8) is 0 Å². The Labute approximate surface area is 177 Å². The maximum Gasteiger partial charge on any atom is 0.336 e. The number of benzene rings is 2. The van der Waals surface area contributed by atoms with Gasteiger partial charge in [-0.3, -0.25) is 9.69 Å². The molecule has 0 bridgehead atoms. The van der Waals surface area contributed by atoms with Crippen molar-refractivity contribution in [2.45, 2.75) is 38.3 Å². The van der Waals surface area contributed by atoms with Gasteiger partial charge in [0, 0.05) is 11.5 Å². The van der Waals surface area contributed by atoms with E-state index in [4.69, 9.17) is 9.68 Å². The Hall–Kier alpha value is -3.92. The van der Waals surface area contributed by atoms with E-state index in [2.05, 4.69) is 5.32 Å². The Kier molecular flexibility index (Phi) is 4.19. The minimum atomic E-state index is -1.25. The first-order chi connectivity index (χ1) is 14.9. The minimum Gasteiger partial charge on any atom is -0.423 e. The molecule has 3 aromatic rings. The average molecular weight is 413 g/mol. The molecule has 31 heavy (non-hydrogen) atoms. The molecular weight excluding hydrogens is 394 g/mol. The van der Waals surface area contributed by atoms with Crippen LogP contribution in [0.5, 0.6) is 0 Å². The van der Waals surface area contributed by atoms with Gasteiger partial charge in [-0.2, -0.15) is 5.26 Å². The molecule has 2 aromatic carbocycles. The van der Waals surface area contributed by atoms with Crippen LogP contribution in [-0.4, -0.2) is 16.8 Å². The van der Waals surface area contributed by atoms with E-state index >= 15 is 0 Å². The number of hydrogen-bond acceptors (Lipinski definition) is 5. The van der Waals surface area contributed by atoms with Crippen LogP contribution < -0.4 is 10.9 Å². The summed E-state index contributed by atoms with van der Waals surface area (Å²) in [6.07, 6.45) is 2.97. The van der Waals surface area contributed by atoms with Crippen molar-refractivity contribution in [1.29, 1.82) is 5.26 Å². The number of nitrogens with zero attached hydrogens (tertiary/aromatic N) is 2. The van der Waals surface area contributed by atoms with Crippen LogP contribution in [0.25, 0.3) is 11.0 Å². The van der Waals surface area contributed by atoms with Crippen LogP contribution >= 0.6 is 0 Å². The van der Waals surface area contributed by atoms with E-state index in [-0.39, 0.29) is 6.54 Å². The van der Waals surface area contributed by atoms with E-state index in [0.717, 1.165) is 29.5 Å². The second-order valence-corrected chi connectivity index (χ2v) is 8.20. The average Bonchev–Trinajstić information content (AvgIpc) is 3.30. The number of hydrogen-bond donors (Lipinski definition) is 1. The molecule has 1 fully saturated rings. The fraction of sp³-hybridized carbons (Fsp3) is 0.250. The number of carbonyl (C=O) groups is 2. The van der Waals surface area contributed by atoms with E-state index in [9.17, 15) is 14.4 Å². The van der Waals surface area contributed by atoms with Crippen molar-refractivity contribution in [2.24, 2.45) is 0 Å². The van der Waals surface area contributed by atoms with E-state index in [0.29, 0.717) is 22.3 Å². The topological polar surface area (TPSA) is 103 Å². The molecule has 7 nitrogen and oxygen atoms in total. The maximum absolute atomic E-state index is 13.3. The lowest BCUT2D eigenvalue weighted by Crippen LogP contribution is -2.40. The van der Waals surface area contributed by atoms with E-state index in [1.807, 2.05) is 18.2 Å². The normalized spacial score (nSPS) is 20.1. The molecule has 0 radical (unpaired) electrons. The number of amides is 3. The minimum absolute atomic E-state index is 0.0303. The smallest absolute Gasteiger partial charge is 0.336 e.